The summed E-state index contributed by atoms with van der Waals surface area (Å²) in [5.41, 5.74) is 2.02. The molecule has 0 aromatic heterocycles. The zero-order valence-corrected chi connectivity index (χ0v) is 11.4. The molecule has 4 heteroatoms. The number of thiocarbonyl (C=S) groups is 1. The van der Waals surface area contributed by atoms with Gasteiger partial charge < -0.3 is 14.4 Å². The van der Waals surface area contributed by atoms with E-state index in [0.717, 1.165) is 43.2 Å². The number of hydrogen-bond donors (Lipinski definition) is 0. The van der Waals surface area contributed by atoms with Crippen molar-refractivity contribution in [1.29, 1.82) is 0 Å². The highest BCUT2D eigenvalue weighted by Crippen LogP contribution is 2.27. The Kier molecular flexibility index (Phi) is 3.62. The van der Waals surface area contributed by atoms with Crippen molar-refractivity contribution in [1.82, 2.24) is 4.90 Å². The van der Waals surface area contributed by atoms with Crippen LogP contribution in [0.5, 0.6) is 0 Å². The Bertz CT molecular complexity index is 530. The lowest BCUT2D eigenvalue weighted by molar-refractivity contribution is 0.0592. The predicted molar refractivity (Wildman–Crippen MR) is 78.6 cm³/mol. The van der Waals surface area contributed by atoms with Crippen LogP contribution in [-0.2, 0) is 9.47 Å². The molecule has 1 aromatic carbocycles. The predicted octanol–water partition coefficient (Wildman–Crippen LogP) is 2.60. The lowest BCUT2D eigenvalue weighted by atomic mass is 10.1. The van der Waals surface area contributed by atoms with Gasteiger partial charge in [-0.1, -0.05) is 30.3 Å². The van der Waals surface area contributed by atoms with E-state index in [1.54, 1.807) is 0 Å². The normalized spacial score (nSPS) is 21.5. The van der Waals surface area contributed by atoms with Crippen molar-refractivity contribution in [2.45, 2.75) is 0 Å². The van der Waals surface area contributed by atoms with Crippen molar-refractivity contribution in [3.8, 4) is 0 Å². The van der Waals surface area contributed by atoms with Gasteiger partial charge >= 0.3 is 0 Å². The number of rotatable bonds is 2. The van der Waals surface area contributed by atoms with E-state index >= 15 is 0 Å². The van der Waals surface area contributed by atoms with Crippen molar-refractivity contribution in [3.05, 3.63) is 53.7 Å². The number of hydrogen-bond acceptors (Lipinski definition) is 4. The van der Waals surface area contributed by atoms with Gasteiger partial charge in [-0.15, -0.1) is 0 Å². The summed E-state index contributed by atoms with van der Waals surface area (Å²) in [6.45, 7) is 3.35. The van der Waals surface area contributed by atoms with Gasteiger partial charge in [-0.05, 0) is 18.3 Å². The van der Waals surface area contributed by atoms with E-state index in [2.05, 4.69) is 11.1 Å². The highest BCUT2D eigenvalue weighted by atomic mass is 32.1. The quantitative estimate of drug-likeness (QED) is 0.610. The highest BCUT2D eigenvalue weighted by Gasteiger charge is 2.19. The second-order valence-electron chi connectivity index (χ2n) is 4.50. The smallest absolute Gasteiger partial charge is 0.199 e. The Hall–Kier alpha value is -1.65. The molecule has 0 spiro atoms. The minimum atomic E-state index is 0.547. The standard InChI is InChI=1S/C15H15NO2S/c19-15-13(11-16-6-8-17-9-7-16)10-14(18-15)12-4-2-1-3-5-12/h1-5,10-11H,6-9H2/b13-11-. The minimum absolute atomic E-state index is 0.547. The maximum absolute atomic E-state index is 5.67. The molecule has 19 heavy (non-hydrogen) atoms. The van der Waals surface area contributed by atoms with E-state index in [9.17, 15) is 0 Å². The molecule has 0 amide bonds. The first kappa shape index (κ1) is 12.4. The van der Waals surface area contributed by atoms with E-state index < -0.39 is 0 Å². The van der Waals surface area contributed by atoms with Gasteiger partial charge in [0.25, 0.3) is 0 Å². The lowest BCUT2D eigenvalue weighted by Gasteiger charge is -2.25. The van der Waals surface area contributed by atoms with Crippen LogP contribution in [0, 0.1) is 0 Å². The summed E-state index contributed by atoms with van der Waals surface area (Å²) in [6, 6.07) is 10.0. The molecule has 1 saturated heterocycles. The van der Waals surface area contributed by atoms with Gasteiger partial charge in [-0.2, -0.15) is 0 Å². The van der Waals surface area contributed by atoms with Crippen LogP contribution in [0.15, 0.2) is 48.2 Å². The van der Waals surface area contributed by atoms with E-state index in [0.29, 0.717) is 5.05 Å². The van der Waals surface area contributed by atoms with Gasteiger partial charge in [-0.25, -0.2) is 0 Å². The Morgan fingerprint density at radius 1 is 1.11 bits per heavy atom. The fraction of sp³-hybridized carbons (Fsp3) is 0.267. The molecule has 98 valence electrons. The monoisotopic (exact) mass is 273 g/mol. The van der Waals surface area contributed by atoms with E-state index in [1.807, 2.05) is 36.4 Å². The van der Waals surface area contributed by atoms with Crippen LogP contribution >= 0.6 is 12.2 Å². The molecule has 0 aliphatic carbocycles. The average molecular weight is 273 g/mol. The summed E-state index contributed by atoms with van der Waals surface area (Å²) in [4.78, 5) is 2.22. The molecular formula is C15H15NO2S. The van der Waals surface area contributed by atoms with Crippen LogP contribution in [-0.4, -0.2) is 36.3 Å². The maximum atomic E-state index is 5.67. The van der Waals surface area contributed by atoms with Crippen LogP contribution in [0.1, 0.15) is 5.56 Å². The minimum Gasteiger partial charge on any atom is -0.445 e. The number of benzene rings is 1. The molecule has 0 unspecified atom stereocenters. The Morgan fingerprint density at radius 2 is 1.84 bits per heavy atom. The van der Waals surface area contributed by atoms with Gasteiger partial charge in [-0.3, -0.25) is 0 Å². The third kappa shape index (κ3) is 2.85. The van der Waals surface area contributed by atoms with Crippen molar-refractivity contribution < 1.29 is 9.47 Å². The summed E-state index contributed by atoms with van der Waals surface area (Å²) < 4.78 is 11.0. The first-order valence-corrected chi connectivity index (χ1v) is 6.77. The van der Waals surface area contributed by atoms with E-state index in [-0.39, 0.29) is 0 Å². The lowest BCUT2D eigenvalue weighted by Crippen LogP contribution is -2.32. The zero-order valence-electron chi connectivity index (χ0n) is 10.5. The molecular weight excluding hydrogens is 258 g/mol. The molecule has 1 aromatic rings. The topological polar surface area (TPSA) is 21.7 Å². The second kappa shape index (κ2) is 5.55. The summed E-state index contributed by atoms with van der Waals surface area (Å²) in [6.07, 6.45) is 4.08. The Labute approximate surface area is 118 Å². The summed E-state index contributed by atoms with van der Waals surface area (Å²) >= 11 is 5.29. The van der Waals surface area contributed by atoms with Crippen LogP contribution < -0.4 is 0 Å². The third-order valence-electron chi connectivity index (χ3n) is 3.15. The Morgan fingerprint density at radius 3 is 2.58 bits per heavy atom. The van der Waals surface area contributed by atoms with Crippen molar-refractivity contribution in [3.63, 3.8) is 0 Å². The number of nitrogens with zero attached hydrogens (tertiary/aromatic N) is 1. The first-order chi connectivity index (χ1) is 9.33. The molecule has 2 aliphatic rings. The van der Waals surface area contributed by atoms with Gasteiger partial charge in [0, 0.05) is 30.4 Å². The molecule has 2 aliphatic heterocycles. The fourth-order valence-corrected chi connectivity index (χ4v) is 2.33. The third-order valence-corrected chi connectivity index (χ3v) is 3.47. The van der Waals surface area contributed by atoms with Crippen LogP contribution in [0.2, 0.25) is 0 Å². The average Bonchev–Trinajstić information content (AvgIpc) is 2.82. The SMILES string of the molecule is S=C1OC(c2ccccc2)=C/C1=C/N1CCOCC1. The Balaban J connectivity index is 1.81. The molecule has 2 heterocycles. The molecule has 0 radical (unpaired) electrons. The zero-order chi connectivity index (χ0) is 13.1. The van der Waals surface area contributed by atoms with Gasteiger partial charge in [0.05, 0.1) is 13.2 Å². The van der Waals surface area contributed by atoms with Gasteiger partial charge in [0.1, 0.15) is 5.76 Å². The second-order valence-corrected chi connectivity index (χ2v) is 4.87. The van der Waals surface area contributed by atoms with E-state index in [4.69, 9.17) is 21.7 Å². The number of ether oxygens (including phenoxy) is 2. The van der Waals surface area contributed by atoms with Crippen molar-refractivity contribution in [2.24, 2.45) is 0 Å². The van der Waals surface area contributed by atoms with Gasteiger partial charge in [0.2, 0.25) is 0 Å². The first-order valence-electron chi connectivity index (χ1n) is 6.36. The van der Waals surface area contributed by atoms with Gasteiger partial charge in [0.15, 0.2) is 5.05 Å². The fourth-order valence-electron chi connectivity index (χ4n) is 2.13. The number of morpholine rings is 1. The highest BCUT2D eigenvalue weighted by molar-refractivity contribution is 7.80. The summed E-state index contributed by atoms with van der Waals surface area (Å²) in [5, 5.41) is 0.547. The molecule has 3 rings (SSSR count). The molecule has 0 saturated carbocycles. The van der Waals surface area contributed by atoms with Crippen LogP contribution in [0.3, 0.4) is 0 Å². The maximum Gasteiger partial charge on any atom is 0.199 e. The summed E-state index contributed by atoms with van der Waals surface area (Å²) in [7, 11) is 0. The van der Waals surface area contributed by atoms with Crippen molar-refractivity contribution in [2.75, 3.05) is 26.3 Å². The largest absolute Gasteiger partial charge is 0.445 e. The summed E-state index contributed by atoms with van der Waals surface area (Å²) in [5.74, 6) is 0.824. The van der Waals surface area contributed by atoms with Crippen LogP contribution in [0.25, 0.3) is 5.76 Å². The molecule has 0 N–H and O–H groups in total. The molecule has 0 bridgehead atoms. The van der Waals surface area contributed by atoms with Crippen LogP contribution in [0.4, 0.5) is 0 Å². The van der Waals surface area contributed by atoms with Crippen molar-refractivity contribution >= 4 is 23.0 Å². The molecule has 3 nitrogen and oxygen atoms in total. The molecule has 0 atom stereocenters. The van der Waals surface area contributed by atoms with E-state index in [1.165, 1.54) is 0 Å². The molecule has 1 fully saturated rings.